The van der Waals surface area contributed by atoms with Gasteiger partial charge in [-0.2, -0.15) is 74.6 Å². The van der Waals surface area contributed by atoms with E-state index in [9.17, 15) is 84.1 Å². The zero-order chi connectivity index (χ0) is 33.5. The predicted molar refractivity (Wildman–Crippen MR) is 104 cm³/mol. The fourth-order valence-corrected chi connectivity index (χ4v) is 3.75. The van der Waals surface area contributed by atoms with E-state index < -0.39 is 79.2 Å². The van der Waals surface area contributed by atoms with Crippen molar-refractivity contribution in [3.63, 3.8) is 0 Å². The molecule has 2 atom stereocenters. The second kappa shape index (κ2) is 11.8. The van der Waals surface area contributed by atoms with Gasteiger partial charge in [-0.1, -0.05) is 19.8 Å². The molecule has 248 valence electrons. The minimum atomic E-state index is -8.78. The zero-order valence-electron chi connectivity index (χ0n) is 21.1. The largest absolute Gasteiger partial charge is 0.472 e. The van der Waals surface area contributed by atoms with E-state index in [1.807, 2.05) is 0 Å². The molecule has 0 rings (SSSR count). The molecule has 0 aromatic carbocycles. The number of unbranched alkanes of at least 4 members (excludes halogenated alkanes) is 2. The summed E-state index contributed by atoms with van der Waals surface area (Å²) in [6.07, 6.45) is -11.4. The first-order valence-electron chi connectivity index (χ1n) is 10.8. The number of likely N-dealkylation sites (N-methyl/N-ethyl adjacent to an activating group) is 1. The molecule has 0 radical (unpaired) electrons. The van der Waals surface area contributed by atoms with E-state index in [1.54, 1.807) is 6.92 Å². The van der Waals surface area contributed by atoms with Crippen LogP contribution < -0.4 is 0 Å². The van der Waals surface area contributed by atoms with E-state index in [2.05, 4.69) is 9.05 Å². The lowest BCUT2D eigenvalue weighted by atomic mass is 9.87. The van der Waals surface area contributed by atoms with E-state index in [1.165, 1.54) is 0 Å². The summed E-state index contributed by atoms with van der Waals surface area (Å²) in [6, 6.07) is 0. The second-order valence-corrected chi connectivity index (χ2v) is 11.0. The summed E-state index contributed by atoms with van der Waals surface area (Å²) in [5.41, 5.74) is 0. The summed E-state index contributed by atoms with van der Waals surface area (Å²) in [7, 11) is -3.62. The maximum atomic E-state index is 14.8. The fourth-order valence-electron chi connectivity index (χ4n) is 2.81. The van der Waals surface area contributed by atoms with Crippen molar-refractivity contribution in [2.75, 3.05) is 34.3 Å². The molecule has 2 unspecified atom stereocenters. The summed E-state index contributed by atoms with van der Waals surface area (Å²) in [5.74, 6) is -58.1. The third-order valence-corrected chi connectivity index (χ3v) is 6.16. The molecule has 0 aliphatic carbocycles. The Bertz CT molecular complexity index is 933. The van der Waals surface area contributed by atoms with E-state index in [0.29, 0.717) is 6.42 Å². The highest BCUT2D eigenvalue weighted by atomic mass is 31.2. The molecular weight excluding hydrogens is 648 g/mol. The van der Waals surface area contributed by atoms with Crippen LogP contribution in [0.25, 0.3) is 0 Å². The summed E-state index contributed by atoms with van der Waals surface area (Å²) in [5, 5.41) is 0. The number of phosphoric ester groups is 1. The third kappa shape index (κ3) is 7.34. The highest BCUT2D eigenvalue weighted by molar-refractivity contribution is 7.47. The van der Waals surface area contributed by atoms with E-state index in [0.717, 1.165) is 21.1 Å². The van der Waals surface area contributed by atoms with Crippen molar-refractivity contribution in [1.82, 2.24) is 0 Å². The van der Waals surface area contributed by atoms with Gasteiger partial charge in [-0.15, -0.1) is 0 Å². The van der Waals surface area contributed by atoms with Crippen LogP contribution in [0.1, 0.15) is 26.2 Å². The molecule has 41 heavy (non-hydrogen) atoms. The van der Waals surface area contributed by atoms with Crippen molar-refractivity contribution in [2.45, 2.75) is 79.9 Å². The van der Waals surface area contributed by atoms with Crippen molar-refractivity contribution in [3.8, 4) is 0 Å². The molecule has 0 bridgehead atoms. The first-order chi connectivity index (χ1) is 17.6. The molecule has 0 aliphatic rings. The van der Waals surface area contributed by atoms with Crippen molar-refractivity contribution >= 4 is 7.82 Å². The summed E-state index contributed by atoms with van der Waals surface area (Å²) in [6.45, 7) is -1.05. The maximum absolute atomic E-state index is 14.8. The van der Waals surface area contributed by atoms with Crippen LogP contribution in [-0.2, 0) is 13.6 Å². The predicted octanol–water partition coefficient (Wildman–Crippen LogP) is 7.39. The molecule has 1 N–H and O–H groups in total. The molecule has 23 heteroatoms. The van der Waals surface area contributed by atoms with Crippen LogP contribution in [0.15, 0.2) is 0 Å². The molecule has 0 aliphatic heterocycles. The van der Waals surface area contributed by atoms with Crippen LogP contribution in [0.4, 0.5) is 74.6 Å². The Morgan fingerprint density at radius 2 is 1.02 bits per heavy atom. The molecule has 0 amide bonds. The lowest BCUT2D eigenvalue weighted by molar-refractivity contribution is -0.874. The highest BCUT2D eigenvalue weighted by Crippen LogP contribution is 2.64. The van der Waals surface area contributed by atoms with Crippen molar-refractivity contribution in [1.29, 1.82) is 0 Å². The summed E-state index contributed by atoms with van der Waals surface area (Å²) >= 11 is 0. The monoisotopic (exact) mass is 672 g/mol. The number of halogens is 17. The van der Waals surface area contributed by atoms with Crippen LogP contribution in [0.3, 0.4) is 0 Å². The minimum Gasteiger partial charge on any atom is -0.329 e. The lowest BCUT2D eigenvalue weighted by Crippen LogP contribution is -2.75. The lowest BCUT2D eigenvalue weighted by Gasteiger charge is -2.44. The smallest absolute Gasteiger partial charge is 0.329 e. The molecular formula is C18H24F17NO4P+. The standard InChI is InChI=1S/C18H23F17NO4P/c1-5-6-7-8-39-41(37,38)40-10(9-36(2,3)4)11(19,20)12(21,22)13(23,24)14(25,26)15(27,28)16(29,30)17(31,32)18(33,34)35/h10H,5-9H2,1-4H3/p+1. The Labute approximate surface area is 220 Å². The molecule has 0 saturated carbocycles. The molecule has 0 heterocycles. The number of hydrogen-bond donors (Lipinski definition) is 1. The van der Waals surface area contributed by atoms with Gasteiger partial charge in [0.15, 0.2) is 6.10 Å². The number of rotatable bonds is 16. The van der Waals surface area contributed by atoms with E-state index in [4.69, 9.17) is 0 Å². The van der Waals surface area contributed by atoms with Gasteiger partial charge in [0.1, 0.15) is 6.54 Å². The molecule has 0 aromatic rings. The van der Waals surface area contributed by atoms with Crippen LogP contribution in [0.5, 0.6) is 0 Å². The molecule has 0 fully saturated rings. The van der Waals surface area contributed by atoms with Crippen LogP contribution in [-0.4, -0.2) is 97.4 Å². The van der Waals surface area contributed by atoms with E-state index in [-0.39, 0.29) is 12.8 Å². The number of phosphoric acid groups is 1. The van der Waals surface area contributed by atoms with Crippen LogP contribution in [0, 0.1) is 0 Å². The minimum absolute atomic E-state index is 0.104. The Morgan fingerprint density at radius 1 is 0.659 bits per heavy atom. The fraction of sp³-hybridized carbons (Fsp3) is 1.00. The van der Waals surface area contributed by atoms with Gasteiger partial charge in [-0.05, 0) is 6.42 Å². The average Bonchev–Trinajstić information content (AvgIpc) is 2.73. The third-order valence-electron chi connectivity index (χ3n) is 5.13. The highest BCUT2D eigenvalue weighted by Gasteiger charge is 2.95. The van der Waals surface area contributed by atoms with Crippen LogP contribution in [0.2, 0.25) is 0 Å². The molecule has 5 nitrogen and oxygen atoms in total. The SMILES string of the molecule is CCCCCOP(=O)(O)OC(C[N+](C)(C)C)C(F)(F)C(F)(F)C(F)(F)C(F)(F)C(F)(F)C(F)(F)C(F)(F)C(F)(F)F. The number of hydrogen-bond acceptors (Lipinski definition) is 3. The maximum Gasteiger partial charge on any atom is 0.472 e. The summed E-state index contributed by atoms with van der Waals surface area (Å²) < 4.78 is 250. The van der Waals surface area contributed by atoms with Gasteiger partial charge in [0.25, 0.3) is 0 Å². The Hall–Kier alpha value is -1.12. The van der Waals surface area contributed by atoms with Gasteiger partial charge in [0, 0.05) is 0 Å². The number of quaternary nitrogens is 1. The molecule has 0 spiro atoms. The van der Waals surface area contributed by atoms with Crippen molar-refractivity contribution in [3.05, 3.63) is 0 Å². The van der Waals surface area contributed by atoms with Gasteiger partial charge in [-0.3, -0.25) is 9.05 Å². The Kier molecular flexibility index (Phi) is 11.4. The van der Waals surface area contributed by atoms with Gasteiger partial charge in [-0.25, -0.2) is 4.57 Å². The molecule has 0 saturated heterocycles. The van der Waals surface area contributed by atoms with Gasteiger partial charge in [0.05, 0.1) is 27.7 Å². The molecule has 0 aromatic heterocycles. The van der Waals surface area contributed by atoms with E-state index >= 15 is 0 Å². The average molecular weight is 672 g/mol. The second-order valence-electron chi connectivity index (χ2n) is 9.64. The Balaban J connectivity index is 6.91. The Morgan fingerprint density at radius 3 is 1.37 bits per heavy atom. The van der Waals surface area contributed by atoms with Crippen molar-refractivity contribution < 1.29 is 97.6 Å². The first-order valence-corrected chi connectivity index (χ1v) is 12.3. The van der Waals surface area contributed by atoms with Crippen LogP contribution >= 0.6 is 7.82 Å². The zero-order valence-corrected chi connectivity index (χ0v) is 22.0. The van der Waals surface area contributed by atoms with Gasteiger partial charge < -0.3 is 9.38 Å². The topological polar surface area (TPSA) is 55.8 Å². The van der Waals surface area contributed by atoms with Gasteiger partial charge >= 0.3 is 55.5 Å². The summed E-state index contributed by atoms with van der Waals surface area (Å²) in [4.78, 5) is 9.56. The normalized spacial score (nSPS) is 17.9. The quantitative estimate of drug-likeness (QED) is 0.0805. The number of nitrogens with zero attached hydrogens (tertiary/aromatic N) is 1. The first kappa shape index (κ1) is 39.9. The van der Waals surface area contributed by atoms with Gasteiger partial charge in [0.2, 0.25) is 0 Å². The number of alkyl halides is 17. The van der Waals surface area contributed by atoms with Crippen molar-refractivity contribution in [2.24, 2.45) is 0 Å².